The van der Waals surface area contributed by atoms with Gasteiger partial charge in [0.2, 0.25) is 10.0 Å². The average molecular weight is 321 g/mol. The van der Waals surface area contributed by atoms with Crippen LogP contribution in [0.15, 0.2) is 24.3 Å². The van der Waals surface area contributed by atoms with Crippen LogP contribution in [0, 0.1) is 11.3 Å². The highest BCUT2D eigenvalue weighted by Gasteiger charge is 2.32. The number of fused-ring (bicyclic) bond motifs is 1. The zero-order chi connectivity index (χ0) is 16.2. The third-order valence-electron chi connectivity index (χ3n) is 4.14. The Kier molecular flexibility index (Phi) is 5.43. The highest BCUT2D eigenvalue weighted by molar-refractivity contribution is 7.89. The van der Waals surface area contributed by atoms with Crippen LogP contribution >= 0.6 is 0 Å². The monoisotopic (exact) mass is 321 g/mol. The molecule has 120 valence electrons. The van der Waals surface area contributed by atoms with Crippen molar-refractivity contribution in [3.63, 3.8) is 0 Å². The number of para-hydroxylation sites is 1. The largest absolute Gasteiger partial charge is 0.373 e. The van der Waals surface area contributed by atoms with E-state index in [1.807, 2.05) is 44.3 Å². The summed E-state index contributed by atoms with van der Waals surface area (Å²) < 4.78 is 27.0. The van der Waals surface area contributed by atoms with Gasteiger partial charge in [-0.2, -0.15) is 9.57 Å². The van der Waals surface area contributed by atoms with Crippen molar-refractivity contribution in [1.29, 1.82) is 5.26 Å². The number of sulfonamides is 1. The third kappa shape index (κ3) is 3.60. The Morgan fingerprint density at radius 1 is 1.36 bits per heavy atom. The zero-order valence-corrected chi connectivity index (χ0v) is 14.0. The number of nitrogens with zero attached hydrogens (tertiary/aromatic N) is 3. The Morgan fingerprint density at radius 2 is 2.09 bits per heavy atom. The van der Waals surface area contributed by atoms with E-state index in [0.29, 0.717) is 19.5 Å². The maximum atomic E-state index is 12.7. The van der Waals surface area contributed by atoms with Crippen LogP contribution in [0.25, 0.3) is 0 Å². The summed E-state index contributed by atoms with van der Waals surface area (Å²) >= 11 is 0. The quantitative estimate of drug-likeness (QED) is 0.781. The standard InChI is InChI=1S/C16H23N3O2S/c1-3-15-13-18(2)16-9-5-4-8-14(16)12-19(15)22(20,21)11-7-6-10-17/h4-5,8-9,15H,3,6-7,11-13H2,1-2H3/t15-/m1/s1. The van der Waals surface area contributed by atoms with Gasteiger partial charge in [-0.25, -0.2) is 8.42 Å². The predicted molar refractivity (Wildman–Crippen MR) is 88.0 cm³/mol. The van der Waals surface area contributed by atoms with Crippen molar-refractivity contribution in [2.45, 2.75) is 38.8 Å². The maximum absolute atomic E-state index is 12.7. The maximum Gasteiger partial charge on any atom is 0.214 e. The summed E-state index contributed by atoms with van der Waals surface area (Å²) in [5.74, 6) is 0.0446. The number of hydrogen-bond acceptors (Lipinski definition) is 4. The zero-order valence-electron chi connectivity index (χ0n) is 13.2. The van der Waals surface area contributed by atoms with Gasteiger partial charge >= 0.3 is 0 Å². The van der Waals surface area contributed by atoms with Crippen molar-refractivity contribution in [3.05, 3.63) is 29.8 Å². The molecule has 2 rings (SSSR count). The van der Waals surface area contributed by atoms with E-state index in [1.165, 1.54) is 0 Å². The molecule has 5 nitrogen and oxygen atoms in total. The highest BCUT2D eigenvalue weighted by Crippen LogP contribution is 2.29. The van der Waals surface area contributed by atoms with Crippen molar-refractivity contribution in [2.24, 2.45) is 0 Å². The summed E-state index contributed by atoms with van der Waals surface area (Å²) in [6.07, 6.45) is 1.44. The Bertz CT molecular complexity index is 652. The summed E-state index contributed by atoms with van der Waals surface area (Å²) in [5, 5.41) is 8.62. The number of nitriles is 1. The van der Waals surface area contributed by atoms with Gasteiger partial charge in [-0.3, -0.25) is 0 Å². The molecule has 1 aliphatic heterocycles. The molecule has 0 saturated carbocycles. The second kappa shape index (κ2) is 7.12. The van der Waals surface area contributed by atoms with Crippen LogP contribution in [0.1, 0.15) is 31.7 Å². The van der Waals surface area contributed by atoms with Gasteiger partial charge in [0.25, 0.3) is 0 Å². The first-order chi connectivity index (χ1) is 10.5. The molecule has 0 unspecified atom stereocenters. The fraction of sp³-hybridized carbons (Fsp3) is 0.562. The second-order valence-electron chi connectivity index (χ2n) is 5.69. The minimum absolute atomic E-state index is 0.0375. The van der Waals surface area contributed by atoms with E-state index in [2.05, 4.69) is 4.90 Å². The van der Waals surface area contributed by atoms with Crippen LogP contribution in [0.5, 0.6) is 0 Å². The number of benzene rings is 1. The van der Waals surface area contributed by atoms with Crippen molar-refractivity contribution >= 4 is 15.7 Å². The second-order valence-corrected chi connectivity index (χ2v) is 7.74. The average Bonchev–Trinajstić information content (AvgIpc) is 2.65. The Morgan fingerprint density at radius 3 is 2.77 bits per heavy atom. The van der Waals surface area contributed by atoms with E-state index >= 15 is 0 Å². The van der Waals surface area contributed by atoms with Gasteiger partial charge in [0, 0.05) is 38.3 Å². The number of rotatable bonds is 5. The SMILES string of the molecule is CC[C@@H]1CN(C)c2ccccc2CN1S(=O)(=O)CCCC#N. The van der Waals surface area contributed by atoms with Crippen LogP contribution < -0.4 is 4.90 Å². The molecule has 1 aromatic carbocycles. The van der Waals surface area contributed by atoms with E-state index in [-0.39, 0.29) is 18.2 Å². The molecule has 0 amide bonds. The molecule has 0 N–H and O–H groups in total. The fourth-order valence-electron chi connectivity index (χ4n) is 2.93. The predicted octanol–water partition coefficient (Wildman–Crippen LogP) is 2.35. The van der Waals surface area contributed by atoms with Crippen LogP contribution in [0.4, 0.5) is 5.69 Å². The van der Waals surface area contributed by atoms with Gasteiger partial charge in [0.15, 0.2) is 0 Å². The fourth-order valence-corrected chi connectivity index (χ4v) is 4.68. The first-order valence-electron chi connectivity index (χ1n) is 7.65. The van der Waals surface area contributed by atoms with Crippen LogP contribution in [-0.2, 0) is 16.6 Å². The van der Waals surface area contributed by atoms with Crippen LogP contribution in [0.3, 0.4) is 0 Å². The number of unbranched alkanes of at least 4 members (excludes halogenated alkanes) is 1. The minimum atomic E-state index is -3.35. The van der Waals surface area contributed by atoms with Crippen LogP contribution in [-0.4, -0.2) is 38.1 Å². The summed E-state index contributed by atoms with van der Waals surface area (Å²) in [5.41, 5.74) is 2.13. The van der Waals surface area contributed by atoms with Gasteiger partial charge in [-0.1, -0.05) is 25.1 Å². The van der Waals surface area contributed by atoms with E-state index in [9.17, 15) is 8.42 Å². The lowest BCUT2D eigenvalue weighted by molar-refractivity contribution is 0.315. The lowest BCUT2D eigenvalue weighted by atomic mass is 10.1. The van der Waals surface area contributed by atoms with Crippen LogP contribution in [0.2, 0.25) is 0 Å². The van der Waals surface area contributed by atoms with Gasteiger partial charge < -0.3 is 4.90 Å². The lowest BCUT2D eigenvalue weighted by Gasteiger charge is -2.29. The number of hydrogen-bond donors (Lipinski definition) is 0. The molecular formula is C16H23N3O2S. The molecule has 1 heterocycles. The van der Waals surface area contributed by atoms with Crippen molar-refractivity contribution in [2.75, 3.05) is 24.2 Å². The topological polar surface area (TPSA) is 64.4 Å². The highest BCUT2D eigenvalue weighted by atomic mass is 32.2. The lowest BCUT2D eigenvalue weighted by Crippen LogP contribution is -2.44. The van der Waals surface area contributed by atoms with Crippen molar-refractivity contribution in [1.82, 2.24) is 4.31 Å². The van der Waals surface area contributed by atoms with E-state index in [4.69, 9.17) is 5.26 Å². The van der Waals surface area contributed by atoms with Gasteiger partial charge in [0.05, 0.1) is 11.8 Å². The molecule has 1 aliphatic rings. The van der Waals surface area contributed by atoms with E-state index in [0.717, 1.165) is 17.7 Å². The number of likely N-dealkylation sites (N-methyl/N-ethyl adjacent to an activating group) is 1. The van der Waals surface area contributed by atoms with E-state index < -0.39 is 10.0 Å². The normalized spacial score (nSPS) is 19.3. The van der Waals surface area contributed by atoms with E-state index in [1.54, 1.807) is 4.31 Å². The molecule has 0 bridgehead atoms. The third-order valence-corrected chi connectivity index (χ3v) is 6.09. The summed E-state index contributed by atoms with van der Waals surface area (Å²) in [4.78, 5) is 2.13. The molecule has 6 heteroatoms. The molecule has 1 aromatic rings. The first kappa shape index (κ1) is 16.8. The molecule has 0 fully saturated rings. The van der Waals surface area contributed by atoms with Gasteiger partial charge in [-0.15, -0.1) is 0 Å². The Balaban J connectivity index is 2.31. The molecule has 0 saturated heterocycles. The van der Waals surface area contributed by atoms with Gasteiger partial charge in [0.1, 0.15) is 0 Å². The van der Waals surface area contributed by atoms with Crippen molar-refractivity contribution < 1.29 is 8.42 Å². The smallest absolute Gasteiger partial charge is 0.214 e. The molecular weight excluding hydrogens is 298 g/mol. The van der Waals surface area contributed by atoms with Gasteiger partial charge in [-0.05, 0) is 24.5 Å². The first-order valence-corrected chi connectivity index (χ1v) is 9.26. The Hall–Kier alpha value is -1.58. The minimum Gasteiger partial charge on any atom is -0.373 e. The Labute approximate surface area is 133 Å². The summed E-state index contributed by atoms with van der Waals surface area (Å²) in [6.45, 7) is 3.12. The molecule has 22 heavy (non-hydrogen) atoms. The molecule has 0 aliphatic carbocycles. The number of anilines is 1. The summed E-state index contributed by atoms with van der Waals surface area (Å²) in [7, 11) is -1.34. The summed E-state index contributed by atoms with van der Waals surface area (Å²) in [6, 6.07) is 9.92. The molecule has 0 spiro atoms. The molecule has 0 aromatic heterocycles. The molecule has 0 radical (unpaired) electrons. The molecule has 1 atom stereocenters. The van der Waals surface area contributed by atoms with Crippen molar-refractivity contribution in [3.8, 4) is 6.07 Å².